The Labute approximate surface area is 137 Å². The number of aliphatic hydroxyl groups is 4. The molecule has 1 aliphatic rings. The number of fused-ring (bicyclic) bond motifs is 1. The predicted molar refractivity (Wildman–Crippen MR) is 81.9 cm³/mol. The Hall–Kier alpha value is -1.97. The van der Waals surface area contributed by atoms with Crippen molar-refractivity contribution in [2.75, 3.05) is 6.61 Å². The molecule has 5 atom stereocenters. The van der Waals surface area contributed by atoms with Gasteiger partial charge in [-0.3, -0.25) is 4.79 Å². The average Bonchev–Trinajstić information content (AvgIpc) is 2.97. The Morgan fingerprint density at radius 3 is 2.62 bits per heavy atom. The number of carbonyl (C=O) groups is 1. The molecule has 0 unspecified atom stereocenters. The van der Waals surface area contributed by atoms with E-state index >= 15 is 0 Å². The van der Waals surface area contributed by atoms with Crippen LogP contribution in [0.1, 0.15) is 5.69 Å². The van der Waals surface area contributed by atoms with Crippen LogP contribution in [0.25, 0.3) is 10.9 Å². The molecule has 1 fully saturated rings. The summed E-state index contributed by atoms with van der Waals surface area (Å²) in [5, 5.41) is 39.3. The highest BCUT2D eigenvalue weighted by Crippen LogP contribution is 2.22. The maximum Gasteiger partial charge on any atom is 0.314 e. The number of benzene rings is 1. The standard InChI is InChI=1S/C16H19NO7/c18-7-11-13(20)14(21)15(22)16(23-11)24-12(19)6-9-5-8-3-1-2-4-10(8)17-9/h1-5,11,13-18,20-22H,6-7H2/t11-,13-,14+,15-,16+/m1/s1. The van der Waals surface area contributed by atoms with E-state index in [4.69, 9.17) is 14.6 Å². The lowest BCUT2D eigenvalue weighted by molar-refractivity contribution is -0.292. The van der Waals surface area contributed by atoms with Crippen LogP contribution in [0.15, 0.2) is 30.3 Å². The second-order valence-corrected chi connectivity index (χ2v) is 5.75. The highest BCUT2D eigenvalue weighted by molar-refractivity contribution is 5.82. The van der Waals surface area contributed by atoms with E-state index in [0.29, 0.717) is 5.69 Å². The molecule has 0 saturated carbocycles. The van der Waals surface area contributed by atoms with Gasteiger partial charge in [-0.2, -0.15) is 0 Å². The number of hydrogen-bond donors (Lipinski definition) is 5. The quantitative estimate of drug-likeness (QED) is 0.455. The van der Waals surface area contributed by atoms with Crippen molar-refractivity contribution in [3.63, 3.8) is 0 Å². The van der Waals surface area contributed by atoms with Gasteiger partial charge in [-0.1, -0.05) is 18.2 Å². The van der Waals surface area contributed by atoms with E-state index in [0.717, 1.165) is 10.9 Å². The van der Waals surface area contributed by atoms with Crippen molar-refractivity contribution in [3.8, 4) is 0 Å². The summed E-state index contributed by atoms with van der Waals surface area (Å²) in [5.74, 6) is -0.675. The molecular weight excluding hydrogens is 318 g/mol. The molecule has 0 amide bonds. The molecule has 24 heavy (non-hydrogen) atoms. The molecular formula is C16H19NO7. The van der Waals surface area contributed by atoms with E-state index in [-0.39, 0.29) is 6.42 Å². The zero-order chi connectivity index (χ0) is 17.3. The van der Waals surface area contributed by atoms with Crippen LogP contribution in [0.4, 0.5) is 0 Å². The van der Waals surface area contributed by atoms with Crippen LogP contribution in [0.2, 0.25) is 0 Å². The first-order valence-electron chi connectivity index (χ1n) is 7.56. The second kappa shape index (κ2) is 6.88. The maximum absolute atomic E-state index is 12.0. The summed E-state index contributed by atoms with van der Waals surface area (Å²) >= 11 is 0. The molecule has 2 heterocycles. The Bertz CT molecular complexity index is 680. The van der Waals surface area contributed by atoms with Crippen molar-refractivity contribution in [2.24, 2.45) is 0 Å². The van der Waals surface area contributed by atoms with Gasteiger partial charge in [0.25, 0.3) is 0 Å². The largest absolute Gasteiger partial charge is 0.432 e. The predicted octanol–water partition coefficient (Wildman–Crippen LogP) is -0.947. The summed E-state index contributed by atoms with van der Waals surface area (Å²) in [7, 11) is 0. The Kier molecular flexibility index (Phi) is 4.83. The minimum Gasteiger partial charge on any atom is -0.432 e. The molecule has 3 rings (SSSR count). The molecule has 5 N–H and O–H groups in total. The molecule has 1 aliphatic heterocycles. The van der Waals surface area contributed by atoms with E-state index < -0.39 is 43.3 Å². The van der Waals surface area contributed by atoms with Crippen molar-refractivity contribution < 1.29 is 34.7 Å². The van der Waals surface area contributed by atoms with Gasteiger partial charge < -0.3 is 34.9 Å². The molecule has 1 aromatic heterocycles. The molecule has 0 aliphatic carbocycles. The number of carbonyl (C=O) groups excluding carboxylic acids is 1. The number of aromatic amines is 1. The number of aliphatic hydroxyl groups excluding tert-OH is 4. The third-order valence-electron chi connectivity index (χ3n) is 4.02. The van der Waals surface area contributed by atoms with E-state index in [1.165, 1.54) is 0 Å². The highest BCUT2D eigenvalue weighted by atomic mass is 16.7. The van der Waals surface area contributed by atoms with Gasteiger partial charge in [0.1, 0.15) is 24.4 Å². The third-order valence-corrected chi connectivity index (χ3v) is 4.02. The van der Waals surface area contributed by atoms with Crippen molar-refractivity contribution in [3.05, 3.63) is 36.0 Å². The van der Waals surface area contributed by atoms with Crippen LogP contribution >= 0.6 is 0 Å². The van der Waals surface area contributed by atoms with Gasteiger partial charge in [0.2, 0.25) is 6.29 Å². The molecule has 0 radical (unpaired) electrons. The number of aromatic nitrogens is 1. The van der Waals surface area contributed by atoms with Gasteiger partial charge in [-0.25, -0.2) is 0 Å². The van der Waals surface area contributed by atoms with Gasteiger partial charge in [0.05, 0.1) is 13.0 Å². The average molecular weight is 337 g/mol. The lowest BCUT2D eigenvalue weighted by atomic mass is 9.99. The number of nitrogens with one attached hydrogen (secondary N) is 1. The summed E-state index contributed by atoms with van der Waals surface area (Å²) in [4.78, 5) is 15.1. The first-order chi connectivity index (χ1) is 11.5. The molecule has 2 aromatic rings. The zero-order valence-corrected chi connectivity index (χ0v) is 12.7. The first-order valence-corrected chi connectivity index (χ1v) is 7.56. The fraction of sp³-hybridized carbons (Fsp3) is 0.438. The number of esters is 1. The number of H-pyrrole nitrogens is 1. The molecule has 0 spiro atoms. The minimum absolute atomic E-state index is 0.0797. The van der Waals surface area contributed by atoms with Gasteiger partial charge in [0, 0.05) is 11.2 Å². The van der Waals surface area contributed by atoms with Crippen molar-refractivity contribution in [1.29, 1.82) is 0 Å². The van der Waals surface area contributed by atoms with Crippen molar-refractivity contribution in [2.45, 2.75) is 37.1 Å². The molecule has 8 heteroatoms. The first kappa shape index (κ1) is 16.9. The fourth-order valence-corrected chi connectivity index (χ4v) is 2.72. The SMILES string of the molecule is O=C(Cc1cc2ccccc2[nH]1)O[C@@H]1O[C@H](CO)[C@@H](O)[C@H](O)[C@H]1O. The van der Waals surface area contributed by atoms with Crippen molar-refractivity contribution >= 4 is 16.9 Å². The Balaban J connectivity index is 1.65. The van der Waals surface area contributed by atoms with Gasteiger partial charge in [-0.15, -0.1) is 0 Å². The van der Waals surface area contributed by atoms with Crippen LogP contribution in [0.3, 0.4) is 0 Å². The van der Waals surface area contributed by atoms with Crippen molar-refractivity contribution in [1.82, 2.24) is 4.98 Å². The van der Waals surface area contributed by atoms with Crippen LogP contribution in [-0.2, 0) is 20.7 Å². The monoisotopic (exact) mass is 337 g/mol. The third kappa shape index (κ3) is 3.28. The maximum atomic E-state index is 12.0. The topological polar surface area (TPSA) is 132 Å². The van der Waals surface area contributed by atoms with Crippen LogP contribution in [0, 0.1) is 0 Å². The zero-order valence-electron chi connectivity index (χ0n) is 12.7. The summed E-state index contributed by atoms with van der Waals surface area (Å²) in [6, 6.07) is 9.34. The second-order valence-electron chi connectivity index (χ2n) is 5.75. The lowest BCUT2D eigenvalue weighted by Gasteiger charge is -2.39. The Morgan fingerprint density at radius 1 is 1.17 bits per heavy atom. The number of rotatable bonds is 4. The highest BCUT2D eigenvalue weighted by Gasteiger charge is 2.45. The van der Waals surface area contributed by atoms with E-state index in [2.05, 4.69) is 4.98 Å². The number of para-hydroxylation sites is 1. The smallest absolute Gasteiger partial charge is 0.314 e. The summed E-state index contributed by atoms with van der Waals surface area (Å²) in [5.41, 5.74) is 1.51. The number of hydrogen-bond acceptors (Lipinski definition) is 7. The lowest BCUT2D eigenvalue weighted by Crippen LogP contribution is -2.59. The summed E-state index contributed by atoms with van der Waals surface area (Å²) in [6.45, 7) is -0.582. The number of ether oxygens (including phenoxy) is 2. The minimum atomic E-state index is -1.60. The molecule has 8 nitrogen and oxygen atoms in total. The van der Waals surface area contributed by atoms with Gasteiger partial charge in [-0.05, 0) is 17.5 Å². The van der Waals surface area contributed by atoms with E-state index in [1.807, 2.05) is 30.3 Å². The van der Waals surface area contributed by atoms with E-state index in [1.54, 1.807) is 0 Å². The molecule has 1 aromatic carbocycles. The fourth-order valence-electron chi connectivity index (χ4n) is 2.72. The molecule has 1 saturated heterocycles. The van der Waals surface area contributed by atoms with E-state index in [9.17, 15) is 20.1 Å². The molecule has 0 bridgehead atoms. The Morgan fingerprint density at radius 2 is 1.92 bits per heavy atom. The summed E-state index contributed by atoms with van der Waals surface area (Å²) < 4.78 is 10.2. The van der Waals surface area contributed by atoms with Crippen LogP contribution < -0.4 is 0 Å². The van der Waals surface area contributed by atoms with Crippen LogP contribution in [-0.4, -0.2) is 68.7 Å². The summed E-state index contributed by atoms with van der Waals surface area (Å²) in [6.07, 6.45) is -7.33. The van der Waals surface area contributed by atoms with Gasteiger partial charge >= 0.3 is 5.97 Å². The van der Waals surface area contributed by atoms with Crippen LogP contribution in [0.5, 0.6) is 0 Å². The molecule has 130 valence electrons. The van der Waals surface area contributed by atoms with Gasteiger partial charge in [0.15, 0.2) is 0 Å². The normalized spacial score (nSPS) is 30.4.